The molecule has 1 fully saturated rings. The van der Waals surface area contributed by atoms with Crippen molar-refractivity contribution in [2.24, 2.45) is 0 Å². The van der Waals surface area contributed by atoms with Crippen molar-refractivity contribution in [3.8, 4) is 11.5 Å². The summed E-state index contributed by atoms with van der Waals surface area (Å²) in [6.45, 7) is 1.69. The number of fused-ring (bicyclic) bond motifs is 1. The molecule has 0 saturated carbocycles. The van der Waals surface area contributed by atoms with E-state index in [0.29, 0.717) is 0 Å². The van der Waals surface area contributed by atoms with Gasteiger partial charge in [-0.25, -0.2) is 0 Å². The van der Waals surface area contributed by atoms with E-state index in [2.05, 4.69) is 0 Å². The fourth-order valence-corrected chi connectivity index (χ4v) is 3.38. The fourth-order valence-electron chi connectivity index (χ4n) is 3.38. The molecule has 1 aromatic rings. The summed E-state index contributed by atoms with van der Waals surface area (Å²) in [6, 6.07) is 5.92. The molecule has 3 rings (SSSR count). The highest BCUT2D eigenvalue weighted by molar-refractivity contribution is 5.69. The molecule has 5 heteroatoms. The van der Waals surface area contributed by atoms with Gasteiger partial charge in [-0.15, -0.1) is 0 Å². The number of rotatable bonds is 3. The maximum Gasteiger partial charge on any atom is 0.317 e. The first kappa shape index (κ1) is 14.2. The highest BCUT2D eigenvalue weighted by Gasteiger charge is 2.40. The van der Waals surface area contributed by atoms with Gasteiger partial charge in [-0.2, -0.15) is 0 Å². The Kier molecular flexibility index (Phi) is 3.76. The van der Waals surface area contributed by atoms with E-state index in [4.69, 9.17) is 14.6 Å². The second kappa shape index (κ2) is 5.56. The Morgan fingerprint density at radius 1 is 1.38 bits per heavy atom. The molecular formula is C16H21NO4. The number of ether oxygens (including phenoxy) is 2. The van der Waals surface area contributed by atoms with Gasteiger partial charge in [-0.3, -0.25) is 9.69 Å². The summed E-state index contributed by atoms with van der Waals surface area (Å²) in [5, 5.41) is 8.87. The number of nitrogens with zero attached hydrogens (tertiary/aromatic N) is 1. The van der Waals surface area contributed by atoms with Gasteiger partial charge in [0, 0.05) is 18.7 Å². The average molecular weight is 291 g/mol. The van der Waals surface area contributed by atoms with Crippen molar-refractivity contribution in [2.75, 3.05) is 26.7 Å². The van der Waals surface area contributed by atoms with Crippen LogP contribution in [-0.2, 0) is 11.2 Å². The molecule has 2 aliphatic rings. The Balaban J connectivity index is 1.71. The number of carboxylic acids is 1. The van der Waals surface area contributed by atoms with Crippen molar-refractivity contribution in [3.05, 3.63) is 23.8 Å². The van der Waals surface area contributed by atoms with Crippen LogP contribution < -0.4 is 9.47 Å². The lowest BCUT2D eigenvalue weighted by atomic mass is 9.83. The lowest BCUT2D eigenvalue weighted by Gasteiger charge is -2.44. The Labute approximate surface area is 124 Å². The molecule has 5 nitrogen and oxygen atoms in total. The zero-order chi connectivity index (χ0) is 14.9. The van der Waals surface area contributed by atoms with Gasteiger partial charge >= 0.3 is 5.97 Å². The standard InChI is InChI=1S/C16H21NO4/c1-20-13-3-2-4-14-12(13)5-6-16(21-14)7-9-17(10-8-16)11-15(18)19/h2-4H,5-11H2,1H3,(H,18,19). The minimum absolute atomic E-state index is 0.125. The van der Waals surface area contributed by atoms with E-state index in [9.17, 15) is 4.79 Å². The highest BCUT2D eigenvalue weighted by atomic mass is 16.5. The third-order valence-corrected chi connectivity index (χ3v) is 4.59. The molecule has 0 bridgehead atoms. The maximum absolute atomic E-state index is 10.8. The number of piperidine rings is 1. The van der Waals surface area contributed by atoms with E-state index in [1.807, 2.05) is 23.1 Å². The van der Waals surface area contributed by atoms with Gasteiger partial charge in [0.25, 0.3) is 0 Å². The summed E-state index contributed by atoms with van der Waals surface area (Å²) < 4.78 is 11.7. The first-order valence-corrected chi connectivity index (χ1v) is 7.41. The van der Waals surface area contributed by atoms with Gasteiger partial charge in [0.15, 0.2) is 0 Å². The molecule has 2 aliphatic heterocycles. The van der Waals surface area contributed by atoms with Gasteiger partial charge in [-0.1, -0.05) is 6.07 Å². The van der Waals surface area contributed by atoms with Crippen molar-refractivity contribution in [2.45, 2.75) is 31.3 Å². The number of carboxylic acid groups (broad SMARTS) is 1. The van der Waals surface area contributed by atoms with E-state index in [0.717, 1.165) is 55.8 Å². The Morgan fingerprint density at radius 3 is 2.81 bits per heavy atom. The van der Waals surface area contributed by atoms with Crippen molar-refractivity contribution in [1.82, 2.24) is 4.90 Å². The number of aliphatic carboxylic acids is 1. The average Bonchev–Trinajstić information content (AvgIpc) is 2.48. The molecule has 0 aromatic heterocycles. The van der Waals surface area contributed by atoms with Crippen LogP contribution >= 0.6 is 0 Å². The summed E-state index contributed by atoms with van der Waals surface area (Å²) in [4.78, 5) is 12.8. The number of hydrogen-bond acceptors (Lipinski definition) is 4. The first-order chi connectivity index (χ1) is 10.1. The summed E-state index contributed by atoms with van der Waals surface area (Å²) >= 11 is 0. The highest BCUT2D eigenvalue weighted by Crippen LogP contribution is 2.42. The molecule has 21 heavy (non-hydrogen) atoms. The summed E-state index contributed by atoms with van der Waals surface area (Å²) in [6.07, 6.45) is 3.70. The van der Waals surface area contributed by atoms with Gasteiger partial charge in [0.2, 0.25) is 0 Å². The van der Waals surface area contributed by atoms with Crippen LogP contribution in [0, 0.1) is 0 Å². The summed E-state index contributed by atoms with van der Waals surface area (Å²) in [7, 11) is 1.68. The zero-order valence-electron chi connectivity index (χ0n) is 12.3. The van der Waals surface area contributed by atoms with Crippen LogP contribution in [0.15, 0.2) is 18.2 Å². The van der Waals surface area contributed by atoms with Crippen LogP contribution in [0.5, 0.6) is 11.5 Å². The van der Waals surface area contributed by atoms with E-state index in [1.54, 1.807) is 7.11 Å². The van der Waals surface area contributed by atoms with Crippen LogP contribution in [0.3, 0.4) is 0 Å². The van der Waals surface area contributed by atoms with Gasteiger partial charge in [-0.05, 0) is 37.8 Å². The Morgan fingerprint density at radius 2 is 2.14 bits per heavy atom. The molecule has 1 spiro atoms. The van der Waals surface area contributed by atoms with Crippen LogP contribution in [0.25, 0.3) is 0 Å². The minimum Gasteiger partial charge on any atom is -0.496 e. The van der Waals surface area contributed by atoms with Crippen LogP contribution in [0.1, 0.15) is 24.8 Å². The topological polar surface area (TPSA) is 59.0 Å². The smallest absolute Gasteiger partial charge is 0.317 e. The Hall–Kier alpha value is -1.75. The van der Waals surface area contributed by atoms with Crippen molar-refractivity contribution in [1.29, 1.82) is 0 Å². The van der Waals surface area contributed by atoms with Crippen molar-refractivity contribution in [3.63, 3.8) is 0 Å². The normalized spacial score (nSPS) is 20.6. The number of methoxy groups -OCH3 is 1. The number of likely N-dealkylation sites (tertiary alicyclic amines) is 1. The fraction of sp³-hybridized carbons (Fsp3) is 0.562. The van der Waals surface area contributed by atoms with Crippen LogP contribution in [0.4, 0.5) is 0 Å². The molecule has 0 atom stereocenters. The van der Waals surface area contributed by atoms with E-state index >= 15 is 0 Å². The molecule has 0 amide bonds. The largest absolute Gasteiger partial charge is 0.496 e. The minimum atomic E-state index is -0.759. The predicted octanol–water partition coefficient (Wildman–Crippen LogP) is 1.94. The summed E-state index contributed by atoms with van der Waals surface area (Å²) in [5.74, 6) is 1.06. The molecule has 1 N–H and O–H groups in total. The number of carbonyl (C=O) groups is 1. The lowest BCUT2D eigenvalue weighted by Crippen LogP contribution is -2.50. The predicted molar refractivity (Wildman–Crippen MR) is 78.0 cm³/mol. The monoisotopic (exact) mass is 291 g/mol. The first-order valence-electron chi connectivity index (χ1n) is 7.41. The quantitative estimate of drug-likeness (QED) is 0.922. The van der Waals surface area contributed by atoms with E-state index in [-0.39, 0.29) is 12.1 Å². The van der Waals surface area contributed by atoms with Crippen LogP contribution in [-0.4, -0.2) is 48.3 Å². The maximum atomic E-state index is 10.8. The van der Waals surface area contributed by atoms with E-state index in [1.165, 1.54) is 0 Å². The zero-order valence-corrected chi connectivity index (χ0v) is 12.3. The van der Waals surface area contributed by atoms with Gasteiger partial charge in [0.05, 0.1) is 13.7 Å². The van der Waals surface area contributed by atoms with E-state index < -0.39 is 5.97 Å². The lowest BCUT2D eigenvalue weighted by molar-refractivity contribution is -0.139. The SMILES string of the molecule is COc1cccc2c1CCC1(CCN(CC(=O)O)CC1)O2. The second-order valence-electron chi connectivity index (χ2n) is 5.89. The van der Waals surface area contributed by atoms with Gasteiger partial charge in [0.1, 0.15) is 17.1 Å². The molecule has 1 aromatic carbocycles. The second-order valence-corrected chi connectivity index (χ2v) is 5.89. The molecule has 0 unspecified atom stereocenters. The third kappa shape index (κ3) is 2.83. The number of benzene rings is 1. The summed E-state index contributed by atoms with van der Waals surface area (Å²) in [5.41, 5.74) is 1.02. The number of hydrogen-bond donors (Lipinski definition) is 1. The Bertz CT molecular complexity index is 535. The molecule has 0 radical (unpaired) electrons. The molecule has 0 aliphatic carbocycles. The molecule has 1 saturated heterocycles. The van der Waals surface area contributed by atoms with Gasteiger partial charge < -0.3 is 14.6 Å². The van der Waals surface area contributed by atoms with Crippen molar-refractivity contribution >= 4 is 5.97 Å². The van der Waals surface area contributed by atoms with Crippen LogP contribution in [0.2, 0.25) is 0 Å². The van der Waals surface area contributed by atoms with Crippen molar-refractivity contribution < 1.29 is 19.4 Å². The third-order valence-electron chi connectivity index (χ3n) is 4.59. The molecule has 114 valence electrons. The molecule has 2 heterocycles. The molecular weight excluding hydrogens is 270 g/mol.